The summed E-state index contributed by atoms with van der Waals surface area (Å²) in [5, 5.41) is 13.5. The Morgan fingerprint density at radius 2 is 1.86 bits per heavy atom. The molecule has 1 saturated heterocycles. The highest BCUT2D eigenvalue weighted by molar-refractivity contribution is 5.81. The number of benzene rings is 1. The van der Waals surface area contributed by atoms with Gasteiger partial charge in [0.05, 0.1) is 31.0 Å². The molecule has 5 rings (SSSR count). The maximum atomic E-state index is 14.2. The highest BCUT2D eigenvalue weighted by Gasteiger charge is 2.42. The highest BCUT2D eigenvalue weighted by Crippen LogP contribution is 2.39. The number of fused-ring (bicyclic) bond motifs is 1. The molecular weight excluding hydrogens is 575 g/mol. The van der Waals surface area contributed by atoms with E-state index in [0.29, 0.717) is 56.0 Å². The number of pyridine rings is 1. The van der Waals surface area contributed by atoms with E-state index in [1.54, 1.807) is 55.3 Å². The van der Waals surface area contributed by atoms with Crippen LogP contribution in [0, 0.1) is 11.3 Å². The second-order valence-electron chi connectivity index (χ2n) is 11.2. The number of anilines is 1. The van der Waals surface area contributed by atoms with Crippen LogP contribution in [0.5, 0.6) is 5.75 Å². The summed E-state index contributed by atoms with van der Waals surface area (Å²) in [4.78, 5) is 36.5. The molecule has 0 saturated carbocycles. The third-order valence-corrected chi connectivity index (χ3v) is 8.51. The second-order valence-corrected chi connectivity index (χ2v) is 11.2. The van der Waals surface area contributed by atoms with Gasteiger partial charge in [0.15, 0.2) is 0 Å². The van der Waals surface area contributed by atoms with E-state index in [4.69, 9.17) is 10.00 Å². The summed E-state index contributed by atoms with van der Waals surface area (Å²) < 4.78 is 48.6. The van der Waals surface area contributed by atoms with Gasteiger partial charge in [-0.1, -0.05) is 12.1 Å². The van der Waals surface area contributed by atoms with Crippen molar-refractivity contribution in [3.05, 3.63) is 80.9 Å². The minimum absolute atomic E-state index is 0.0432. The summed E-state index contributed by atoms with van der Waals surface area (Å²) >= 11 is 0. The Bertz CT molecular complexity index is 1590. The number of nitrogens with zero attached hydrogens (tertiary/aromatic N) is 7. The number of alkyl halides is 3. The average molecular weight is 610 g/mol. The molecule has 13 heteroatoms. The summed E-state index contributed by atoms with van der Waals surface area (Å²) in [7, 11) is 3.30. The number of amides is 1. The van der Waals surface area contributed by atoms with Crippen LogP contribution < -0.4 is 15.2 Å². The molecule has 1 unspecified atom stereocenters. The number of likely N-dealkylation sites (N-methyl/N-ethyl adjacent to an activating group) is 1. The van der Waals surface area contributed by atoms with Gasteiger partial charge in [0.2, 0.25) is 5.91 Å². The summed E-state index contributed by atoms with van der Waals surface area (Å²) in [5.74, 6) is 0.910. The minimum atomic E-state index is -4.81. The number of halogens is 3. The highest BCUT2D eigenvalue weighted by atomic mass is 19.4. The molecule has 2 atom stereocenters. The van der Waals surface area contributed by atoms with Crippen molar-refractivity contribution in [3.63, 3.8) is 0 Å². The number of ether oxygens (including phenoxy) is 1. The summed E-state index contributed by atoms with van der Waals surface area (Å²) in [5.41, 5.74) is -0.983. The fourth-order valence-corrected chi connectivity index (χ4v) is 5.89. The summed E-state index contributed by atoms with van der Waals surface area (Å²) in [6.07, 6.45) is -2.79. The van der Waals surface area contributed by atoms with Gasteiger partial charge in [-0.25, -0.2) is 9.67 Å². The van der Waals surface area contributed by atoms with Gasteiger partial charge in [0, 0.05) is 44.8 Å². The standard InChI is InChI=1S/C31H34F3N7O3/c1-20(29(42)40-14-12-39(13-15-40)26-11-6-22(16-35)17-36-26)38(2)19-23-7-10-25-27(31(32,33)34)30(43)41(37-28(23)25)18-21-4-8-24(44-3)9-5-21/h4-6,8-9,11,17,20,23H,7,10,12-15,18-19H2,1-3H3/t20-,23?/m0/s1. The number of rotatable bonds is 8. The van der Waals surface area contributed by atoms with Gasteiger partial charge in [0.1, 0.15) is 23.2 Å². The molecule has 1 fully saturated rings. The Hall–Kier alpha value is -4.44. The van der Waals surface area contributed by atoms with E-state index in [0.717, 1.165) is 10.5 Å². The lowest BCUT2D eigenvalue weighted by atomic mass is 10.0. The molecule has 1 aromatic carbocycles. The lowest BCUT2D eigenvalue weighted by Gasteiger charge is -2.38. The van der Waals surface area contributed by atoms with Gasteiger partial charge in [-0.3, -0.25) is 14.5 Å². The quantitative estimate of drug-likeness (QED) is 0.383. The van der Waals surface area contributed by atoms with Gasteiger partial charge < -0.3 is 14.5 Å². The van der Waals surface area contributed by atoms with Crippen LogP contribution in [0.15, 0.2) is 47.4 Å². The van der Waals surface area contributed by atoms with Crippen LogP contribution in [0.3, 0.4) is 0 Å². The van der Waals surface area contributed by atoms with E-state index in [1.807, 2.05) is 11.0 Å². The van der Waals surface area contributed by atoms with Crippen LogP contribution in [0.1, 0.15) is 47.2 Å². The number of nitriles is 1. The number of hydrogen-bond donors (Lipinski definition) is 0. The molecule has 10 nitrogen and oxygen atoms in total. The lowest BCUT2D eigenvalue weighted by molar-refractivity contribution is -0.139. The minimum Gasteiger partial charge on any atom is -0.497 e. The van der Waals surface area contributed by atoms with Crippen LogP contribution in [-0.4, -0.2) is 83.4 Å². The monoisotopic (exact) mass is 609 g/mol. The van der Waals surface area contributed by atoms with Gasteiger partial charge in [-0.05, 0) is 62.2 Å². The molecule has 1 aliphatic heterocycles. The zero-order valence-corrected chi connectivity index (χ0v) is 24.8. The maximum absolute atomic E-state index is 14.2. The molecule has 3 heterocycles. The van der Waals surface area contributed by atoms with Gasteiger partial charge in [-0.2, -0.15) is 23.5 Å². The number of carbonyl (C=O) groups excluding carboxylic acids is 1. The first-order chi connectivity index (χ1) is 21.0. The van der Waals surface area contributed by atoms with Crippen molar-refractivity contribution in [1.82, 2.24) is 24.6 Å². The van der Waals surface area contributed by atoms with Crippen molar-refractivity contribution in [1.29, 1.82) is 5.26 Å². The molecule has 0 radical (unpaired) electrons. The summed E-state index contributed by atoms with van der Waals surface area (Å²) in [6, 6.07) is 11.8. The SMILES string of the molecule is COc1ccc(Cn2nc3c(c(C(F)(F)F)c2=O)CCC3CN(C)[C@@H](C)C(=O)N2CCN(c3ccc(C#N)cn3)CC2)cc1. The molecule has 1 aliphatic carbocycles. The Kier molecular flexibility index (Phi) is 8.92. The molecular formula is C31H34F3N7O3. The fourth-order valence-electron chi connectivity index (χ4n) is 5.89. The van der Waals surface area contributed by atoms with Gasteiger partial charge in [-0.15, -0.1) is 0 Å². The Labute approximate surface area is 253 Å². The number of hydrogen-bond acceptors (Lipinski definition) is 8. The smallest absolute Gasteiger partial charge is 0.422 e. The molecule has 44 heavy (non-hydrogen) atoms. The first-order valence-corrected chi connectivity index (χ1v) is 14.4. The van der Waals surface area contributed by atoms with Crippen LogP contribution in [-0.2, 0) is 23.9 Å². The van der Waals surface area contributed by atoms with E-state index in [2.05, 4.69) is 15.0 Å². The number of carbonyl (C=O) groups is 1. The lowest BCUT2D eigenvalue weighted by Crippen LogP contribution is -2.54. The molecule has 0 bridgehead atoms. The maximum Gasteiger partial charge on any atom is 0.422 e. The first-order valence-electron chi connectivity index (χ1n) is 14.4. The fraction of sp³-hybridized carbons (Fsp3) is 0.452. The van der Waals surface area contributed by atoms with E-state index in [-0.39, 0.29) is 36.0 Å². The predicted octanol–water partition coefficient (Wildman–Crippen LogP) is 3.28. The van der Waals surface area contributed by atoms with Crippen LogP contribution in [0.25, 0.3) is 0 Å². The third-order valence-electron chi connectivity index (χ3n) is 8.51. The van der Waals surface area contributed by atoms with Gasteiger partial charge in [0.25, 0.3) is 5.56 Å². The molecule has 1 amide bonds. The summed E-state index contributed by atoms with van der Waals surface area (Å²) in [6.45, 7) is 4.19. The zero-order chi connectivity index (χ0) is 31.6. The van der Waals surface area contributed by atoms with Gasteiger partial charge >= 0.3 is 6.18 Å². The predicted molar refractivity (Wildman–Crippen MR) is 156 cm³/mol. The molecule has 2 aliphatic rings. The van der Waals surface area contributed by atoms with E-state index >= 15 is 0 Å². The van der Waals surface area contributed by atoms with Crippen molar-refractivity contribution in [2.24, 2.45) is 0 Å². The van der Waals surface area contributed by atoms with Crippen LogP contribution in [0.4, 0.5) is 19.0 Å². The van der Waals surface area contributed by atoms with Crippen molar-refractivity contribution < 1.29 is 22.7 Å². The Morgan fingerprint density at radius 3 is 2.45 bits per heavy atom. The zero-order valence-electron chi connectivity index (χ0n) is 24.8. The van der Waals surface area contributed by atoms with Crippen molar-refractivity contribution in [2.45, 2.75) is 44.4 Å². The van der Waals surface area contributed by atoms with E-state index in [1.165, 1.54) is 13.3 Å². The number of methoxy groups -OCH3 is 1. The largest absolute Gasteiger partial charge is 0.497 e. The van der Waals surface area contributed by atoms with Crippen LogP contribution >= 0.6 is 0 Å². The van der Waals surface area contributed by atoms with E-state index < -0.39 is 23.3 Å². The Morgan fingerprint density at radius 1 is 1.16 bits per heavy atom. The third kappa shape index (κ3) is 6.40. The van der Waals surface area contributed by atoms with Crippen LogP contribution in [0.2, 0.25) is 0 Å². The number of piperazine rings is 1. The Balaban J connectivity index is 1.28. The molecule has 3 aromatic rings. The molecule has 232 valence electrons. The van der Waals surface area contributed by atoms with Crippen molar-refractivity contribution >= 4 is 11.7 Å². The topological polar surface area (TPSA) is 108 Å². The normalized spacial score (nSPS) is 17.4. The molecule has 2 aromatic heterocycles. The van der Waals surface area contributed by atoms with E-state index in [9.17, 15) is 22.8 Å². The second kappa shape index (κ2) is 12.7. The van der Waals surface area contributed by atoms with Crippen molar-refractivity contribution in [2.75, 3.05) is 51.8 Å². The molecule has 0 spiro atoms. The number of aromatic nitrogens is 3. The van der Waals surface area contributed by atoms with Crippen molar-refractivity contribution in [3.8, 4) is 11.8 Å². The molecule has 0 N–H and O–H groups in total. The average Bonchev–Trinajstić information content (AvgIpc) is 3.41. The first kappa shape index (κ1) is 31.0.